The van der Waals surface area contributed by atoms with Crippen molar-refractivity contribution in [2.45, 2.75) is 25.9 Å². The second-order valence-corrected chi connectivity index (χ2v) is 7.76. The molecule has 1 aromatic carbocycles. The van der Waals surface area contributed by atoms with Gasteiger partial charge in [0.15, 0.2) is 6.10 Å². The van der Waals surface area contributed by atoms with Gasteiger partial charge in [-0.15, -0.1) is 0 Å². The summed E-state index contributed by atoms with van der Waals surface area (Å²) in [6.45, 7) is 3.00. The fourth-order valence-corrected chi connectivity index (χ4v) is 3.58. The summed E-state index contributed by atoms with van der Waals surface area (Å²) >= 11 is 11.9. The Kier molecular flexibility index (Phi) is 6.82. The molecular formula is C20H22Cl2N4O3. The second kappa shape index (κ2) is 9.33. The highest BCUT2D eigenvalue weighted by Gasteiger charge is 2.24. The first-order valence-electron chi connectivity index (χ1n) is 9.26. The highest BCUT2D eigenvalue weighted by Crippen LogP contribution is 2.28. The van der Waals surface area contributed by atoms with E-state index in [-0.39, 0.29) is 17.7 Å². The van der Waals surface area contributed by atoms with Crippen molar-refractivity contribution in [1.29, 1.82) is 0 Å². The molecule has 2 amide bonds. The van der Waals surface area contributed by atoms with Gasteiger partial charge in [0.05, 0.1) is 22.8 Å². The molecule has 1 saturated heterocycles. The van der Waals surface area contributed by atoms with E-state index < -0.39 is 6.10 Å². The predicted molar refractivity (Wildman–Crippen MR) is 114 cm³/mol. The minimum Gasteiger partial charge on any atom is -0.479 e. The van der Waals surface area contributed by atoms with Crippen LogP contribution in [0.15, 0.2) is 36.5 Å². The van der Waals surface area contributed by atoms with Crippen LogP contribution in [0.2, 0.25) is 10.0 Å². The highest BCUT2D eigenvalue weighted by atomic mass is 35.5. The Morgan fingerprint density at radius 2 is 2.10 bits per heavy atom. The molecule has 7 nitrogen and oxygen atoms in total. The van der Waals surface area contributed by atoms with Crippen molar-refractivity contribution in [1.82, 2.24) is 4.98 Å². The first-order valence-corrected chi connectivity index (χ1v) is 10.0. The number of rotatable bonds is 6. The Morgan fingerprint density at radius 1 is 1.31 bits per heavy atom. The van der Waals surface area contributed by atoms with Crippen molar-refractivity contribution in [2.24, 2.45) is 11.7 Å². The molecule has 0 radical (unpaired) electrons. The van der Waals surface area contributed by atoms with Crippen molar-refractivity contribution < 1.29 is 14.3 Å². The van der Waals surface area contributed by atoms with Crippen LogP contribution in [0.3, 0.4) is 0 Å². The van der Waals surface area contributed by atoms with E-state index in [1.165, 1.54) is 0 Å². The molecule has 1 fully saturated rings. The fraction of sp³-hybridized carbons (Fsp3) is 0.350. The lowest BCUT2D eigenvalue weighted by molar-refractivity contribution is -0.122. The minimum atomic E-state index is -0.772. The molecule has 1 aliphatic rings. The number of halogens is 2. The van der Waals surface area contributed by atoms with E-state index in [9.17, 15) is 9.59 Å². The maximum Gasteiger partial charge on any atom is 0.265 e. The van der Waals surface area contributed by atoms with Crippen molar-refractivity contribution in [3.63, 3.8) is 0 Å². The molecule has 2 unspecified atom stereocenters. The summed E-state index contributed by atoms with van der Waals surface area (Å²) in [5, 5.41) is 3.58. The average Bonchev–Trinajstić information content (AvgIpc) is 2.70. The molecule has 2 heterocycles. The van der Waals surface area contributed by atoms with Crippen LogP contribution in [0.5, 0.6) is 5.75 Å². The summed E-state index contributed by atoms with van der Waals surface area (Å²) < 4.78 is 5.61. The number of anilines is 2. The Labute approximate surface area is 179 Å². The average molecular weight is 437 g/mol. The molecule has 2 aromatic rings. The zero-order chi connectivity index (χ0) is 21.0. The number of nitrogens with two attached hydrogens (primary N) is 1. The van der Waals surface area contributed by atoms with E-state index in [0.717, 1.165) is 25.2 Å². The zero-order valence-electron chi connectivity index (χ0n) is 15.9. The molecule has 3 N–H and O–H groups in total. The van der Waals surface area contributed by atoms with Gasteiger partial charge < -0.3 is 20.7 Å². The summed E-state index contributed by atoms with van der Waals surface area (Å²) in [4.78, 5) is 30.3. The van der Waals surface area contributed by atoms with Gasteiger partial charge in [-0.3, -0.25) is 9.59 Å². The fourth-order valence-electron chi connectivity index (χ4n) is 3.12. The van der Waals surface area contributed by atoms with Crippen molar-refractivity contribution in [2.75, 3.05) is 23.3 Å². The van der Waals surface area contributed by atoms with Crippen molar-refractivity contribution in [3.05, 3.63) is 46.6 Å². The molecule has 9 heteroatoms. The monoisotopic (exact) mass is 436 g/mol. The number of benzene rings is 1. The lowest BCUT2D eigenvalue weighted by Gasteiger charge is -2.32. The van der Waals surface area contributed by atoms with Gasteiger partial charge in [-0.1, -0.05) is 23.2 Å². The third-order valence-corrected chi connectivity index (χ3v) is 5.26. The van der Waals surface area contributed by atoms with Gasteiger partial charge in [-0.2, -0.15) is 0 Å². The number of piperidine rings is 1. The topological polar surface area (TPSA) is 97.5 Å². The van der Waals surface area contributed by atoms with Crippen LogP contribution in [-0.4, -0.2) is 36.0 Å². The highest BCUT2D eigenvalue weighted by molar-refractivity contribution is 6.35. The number of hydrogen-bond donors (Lipinski definition) is 2. The SMILES string of the molecule is CC(Oc1ccc(Cl)cc1Cl)C(=O)Nc1ccc(N2CCCC(C(N)=O)C2)nc1. The summed E-state index contributed by atoms with van der Waals surface area (Å²) in [6.07, 6.45) is 2.49. The van der Waals surface area contributed by atoms with Gasteiger partial charge in [0.25, 0.3) is 5.91 Å². The normalized spacial score (nSPS) is 17.5. The molecule has 2 atom stereocenters. The van der Waals surface area contributed by atoms with E-state index in [2.05, 4.69) is 10.3 Å². The molecule has 1 aromatic heterocycles. The van der Waals surface area contributed by atoms with Gasteiger partial charge in [0.1, 0.15) is 11.6 Å². The summed E-state index contributed by atoms with van der Waals surface area (Å²) in [7, 11) is 0. The number of hydrogen-bond acceptors (Lipinski definition) is 5. The van der Waals surface area contributed by atoms with Crippen molar-refractivity contribution in [3.8, 4) is 5.75 Å². The predicted octanol–water partition coefficient (Wildman–Crippen LogP) is 3.50. The number of amides is 2. The Hall–Kier alpha value is -2.51. The first kappa shape index (κ1) is 21.2. The minimum absolute atomic E-state index is 0.164. The zero-order valence-corrected chi connectivity index (χ0v) is 17.4. The number of ether oxygens (including phenoxy) is 1. The third kappa shape index (κ3) is 5.52. The van der Waals surface area contributed by atoms with Gasteiger partial charge in [-0.05, 0) is 50.1 Å². The molecule has 29 heavy (non-hydrogen) atoms. The van der Waals surface area contributed by atoms with Crippen LogP contribution < -0.4 is 20.7 Å². The smallest absolute Gasteiger partial charge is 0.265 e. The molecule has 0 saturated carbocycles. The second-order valence-electron chi connectivity index (χ2n) is 6.92. The molecular weight excluding hydrogens is 415 g/mol. The molecule has 0 aliphatic carbocycles. The molecule has 1 aliphatic heterocycles. The third-order valence-electron chi connectivity index (χ3n) is 4.73. The summed E-state index contributed by atoms with van der Waals surface area (Å²) in [5.74, 6) is 0.334. The van der Waals surface area contributed by atoms with Crippen LogP contribution >= 0.6 is 23.2 Å². The van der Waals surface area contributed by atoms with Crippen molar-refractivity contribution >= 4 is 46.5 Å². The van der Waals surface area contributed by atoms with E-state index in [1.807, 2.05) is 4.90 Å². The van der Waals surface area contributed by atoms with Crippen LogP contribution in [0.1, 0.15) is 19.8 Å². The van der Waals surface area contributed by atoms with Gasteiger partial charge in [-0.25, -0.2) is 4.98 Å². The first-order chi connectivity index (χ1) is 13.8. The lowest BCUT2D eigenvalue weighted by Crippen LogP contribution is -2.41. The quantitative estimate of drug-likeness (QED) is 0.721. The maximum absolute atomic E-state index is 12.4. The molecule has 154 valence electrons. The van der Waals surface area contributed by atoms with Crippen LogP contribution in [0.4, 0.5) is 11.5 Å². The van der Waals surface area contributed by atoms with Crippen LogP contribution in [0, 0.1) is 5.92 Å². The van der Waals surface area contributed by atoms with E-state index in [1.54, 1.807) is 43.5 Å². The molecule has 0 spiro atoms. The number of nitrogens with one attached hydrogen (secondary N) is 1. The Morgan fingerprint density at radius 3 is 2.76 bits per heavy atom. The number of carbonyl (C=O) groups excluding carboxylic acids is 2. The number of aromatic nitrogens is 1. The standard InChI is InChI=1S/C20H22Cl2N4O3/c1-12(29-17-6-4-14(21)9-16(17)22)20(28)25-15-5-7-18(24-10-15)26-8-2-3-13(11-26)19(23)27/h4-7,9-10,12-13H,2-3,8,11H2,1H3,(H2,23,27)(H,25,28). The molecule has 0 bridgehead atoms. The van der Waals surface area contributed by atoms with Crippen LogP contribution in [0.25, 0.3) is 0 Å². The Bertz CT molecular complexity index is 892. The number of pyridine rings is 1. The van der Waals surface area contributed by atoms with Gasteiger partial charge >= 0.3 is 0 Å². The number of carbonyl (C=O) groups is 2. The largest absolute Gasteiger partial charge is 0.479 e. The van der Waals surface area contributed by atoms with Crippen LogP contribution in [-0.2, 0) is 9.59 Å². The lowest BCUT2D eigenvalue weighted by atomic mass is 9.97. The molecule has 3 rings (SSSR count). The Balaban J connectivity index is 1.58. The van der Waals surface area contributed by atoms with E-state index in [4.69, 9.17) is 33.7 Å². The van der Waals surface area contributed by atoms with E-state index in [0.29, 0.717) is 28.0 Å². The number of primary amides is 1. The summed E-state index contributed by atoms with van der Waals surface area (Å²) in [6, 6.07) is 8.37. The van der Waals surface area contributed by atoms with Gasteiger partial charge in [0.2, 0.25) is 5.91 Å². The maximum atomic E-state index is 12.4. The van der Waals surface area contributed by atoms with Gasteiger partial charge in [0, 0.05) is 18.1 Å². The summed E-state index contributed by atoms with van der Waals surface area (Å²) in [5.41, 5.74) is 5.97. The van der Waals surface area contributed by atoms with E-state index >= 15 is 0 Å². The number of nitrogens with zero attached hydrogens (tertiary/aromatic N) is 2.